The minimum Gasteiger partial charge on any atom is -0.491 e. The summed E-state index contributed by atoms with van der Waals surface area (Å²) in [5.74, 6) is 0.936. The summed E-state index contributed by atoms with van der Waals surface area (Å²) < 4.78 is 11.3. The first-order valence-corrected chi connectivity index (χ1v) is 6.89. The van der Waals surface area contributed by atoms with Crippen LogP contribution in [0.1, 0.15) is 33.1 Å². The molecule has 1 N–H and O–H groups in total. The van der Waals surface area contributed by atoms with Crippen LogP contribution in [-0.4, -0.2) is 25.4 Å². The summed E-state index contributed by atoms with van der Waals surface area (Å²) in [5.41, 5.74) is 1.12. The zero-order valence-corrected chi connectivity index (χ0v) is 11.3. The van der Waals surface area contributed by atoms with Gasteiger partial charge >= 0.3 is 0 Å². The van der Waals surface area contributed by atoms with Crippen molar-refractivity contribution in [3.8, 4) is 5.75 Å². The highest BCUT2D eigenvalue weighted by Gasteiger charge is 2.13. The van der Waals surface area contributed by atoms with E-state index >= 15 is 0 Å². The van der Waals surface area contributed by atoms with Gasteiger partial charge in [-0.2, -0.15) is 0 Å². The molecule has 0 radical (unpaired) electrons. The van der Waals surface area contributed by atoms with E-state index in [1.165, 1.54) is 6.42 Å². The van der Waals surface area contributed by atoms with Crippen molar-refractivity contribution in [1.82, 2.24) is 0 Å². The lowest BCUT2D eigenvalue weighted by Gasteiger charge is -2.24. The van der Waals surface area contributed by atoms with Crippen molar-refractivity contribution in [1.29, 1.82) is 0 Å². The van der Waals surface area contributed by atoms with E-state index in [2.05, 4.69) is 31.3 Å². The van der Waals surface area contributed by atoms with Crippen LogP contribution in [0.25, 0.3) is 0 Å². The van der Waals surface area contributed by atoms with Gasteiger partial charge in [-0.25, -0.2) is 0 Å². The third kappa shape index (κ3) is 3.91. The van der Waals surface area contributed by atoms with Gasteiger partial charge in [0.05, 0.1) is 12.7 Å². The first-order chi connectivity index (χ1) is 8.78. The highest BCUT2D eigenvalue weighted by molar-refractivity contribution is 5.49. The maximum atomic E-state index is 5.82. The summed E-state index contributed by atoms with van der Waals surface area (Å²) >= 11 is 0. The van der Waals surface area contributed by atoms with Crippen molar-refractivity contribution in [2.24, 2.45) is 0 Å². The molecule has 0 spiro atoms. The van der Waals surface area contributed by atoms with E-state index in [-0.39, 0.29) is 6.10 Å². The molecule has 1 aromatic carbocycles. The topological polar surface area (TPSA) is 30.5 Å². The highest BCUT2D eigenvalue weighted by atomic mass is 16.5. The fraction of sp³-hybridized carbons (Fsp3) is 0.600. The summed E-state index contributed by atoms with van der Waals surface area (Å²) in [7, 11) is 0. The second-order valence-electron chi connectivity index (χ2n) is 4.92. The summed E-state index contributed by atoms with van der Waals surface area (Å²) in [6.45, 7) is 5.92. The molecule has 1 aliphatic heterocycles. The number of benzene rings is 1. The largest absolute Gasteiger partial charge is 0.491 e. The van der Waals surface area contributed by atoms with Crippen molar-refractivity contribution in [2.75, 3.05) is 18.5 Å². The van der Waals surface area contributed by atoms with E-state index < -0.39 is 0 Å². The van der Waals surface area contributed by atoms with Crippen LogP contribution in [-0.2, 0) is 4.74 Å². The minimum absolute atomic E-state index is 0.262. The van der Waals surface area contributed by atoms with E-state index in [1.54, 1.807) is 0 Å². The van der Waals surface area contributed by atoms with Crippen molar-refractivity contribution < 1.29 is 9.47 Å². The van der Waals surface area contributed by atoms with Crippen LogP contribution in [0.15, 0.2) is 24.3 Å². The number of ether oxygens (including phenoxy) is 2. The Labute approximate surface area is 109 Å². The van der Waals surface area contributed by atoms with Crippen molar-refractivity contribution in [3.05, 3.63) is 24.3 Å². The van der Waals surface area contributed by atoms with Crippen LogP contribution < -0.4 is 10.1 Å². The average molecular weight is 249 g/mol. The molecule has 1 aliphatic rings. The van der Waals surface area contributed by atoms with Crippen molar-refractivity contribution in [2.45, 2.75) is 45.3 Å². The van der Waals surface area contributed by atoms with Crippen LogP contribution in [0.2, 0.25) is 0 Å². The fourth-order valence-electron chi connectivity index (χ4n) is 2.07. The van der Waals surface area contributed by atoms with Gasteiger partial charge in [-0.15, -0.1) is 0 Å². The fourth-order valence-corrected chi connectivity index (χ4v) is 2.07. The Bertz CT molecular complexity index is 361. The normalized spacial score (nSPS) is 21.3. The molecule has 3 heteroatoms. The molecule has 2 rings (SSSR count). The van der Waals surface area contributed by atoms with Crippen molar-refractivity contribution in [3.63, 3.8) is 0 Å². The molecule has 0 aromatic heterocycles. The molecular weight excluding hydrogens is 226 g/mol. The Balaban J connectivity index is 1.93. The smallest absolute Gasteiger partial charge is 0.121 e. The highest BCUT2D eigenvalue weighted by Crippen LogP contribution is 2.21. The lowest BCUT2D eigenvalue weighted by atomic mass is 10.1. The first kappa shape index (κ1) is 13.2. The lowest BCUT2D eigenvalue weighted by Crippen LogP contribution is -2.29. The van der Waals surface area contributed by atoms with E-state index in [0.29, 0.717) is 6.04 Å². The van der Waals surface area contributed by atoms with Gasteiger partial charge in [0.1, 0.15) is 5.75 Å². The molecule has 18 heavy (non-hydrogen) atoms. The number of anilines is 1. The zero-order valence-electron chi connectivity index (χ0n) is 11.3. The monoisotopic (exact) mass is 249 g/mol. The Morgan fingerprint density at radius 2 is 2.39 bits per heavy atom. The zero-order chi connectivity index (χ0) is 12.8. The van der Waals surface area contributed by atoms with Crippen LogP contribution in [0, 0.1) is 0 Å². The number of nitrogens with one attached hydrogen (secondary N) is 1. The minimum atomic E-state index is 0.262. The molecular formula is C15H23NO2. The molecule has 2 unspecified atom stereocenters. The standard InChI is InChI=1S/C15H23NO2/c1-3-12(2)18-15-8-4-6-13(10-15)16-14-7-5-9-17-11-14/h4,6,8,10,12,14,16H,3,5,7,9,11H2,1-2H3. The maximum Gasteiger partial charge on any atom is 0.121 e. The first-order valence-electron chi connectivity index (χ1n) is 6.89. The van der Waals surface area contributed by atoms with Gasteiger partial charge in [-0.1, -0.05) is 13.0 Å². The predicted molar refractivity (Wildman–Crippen MR) is 74.3 cm³/mol. The van der Waals surface area contributed by atoms with E-state index in [4.69, 9.17) is 9.47 Å². The van der Waals surface area contributed by atoms with Crippen molar-refractivity contribution >= 4 is 5.69 Å². The van der Waals surface area contributed by atoms with Gasteiger partial charge in [0.25, 0.3) is 0 Å². The van der Waals surface area contributed by atoms with Crippen LogP contribution in [0.3, 0.4) is 0 Å². The quantitative estimate of drug-likeness (QED) is 0.867. The summed E-state index contributed by atoms with van der Waals surface area (Å²) in [5, 5.41) is 3.51. The number of rotatable bonds is 5. The van der Waals surface area contributed by atoms with Gasteiger partial charge in [0.15, 0.2) is 0 Å². The molecule has 0 bridgehead atoms. The molecule has 100 valence electrons. The molecule has 0 amide bonds. The maximum absolute atomic E-state index is 5.82. The summed E-state index contributed by atoms with van der Waals surface area (Å²) in [4.78, 5) is 0. The summed E-state index contributed by atoms with van der Waals surface area (Å²) in [6.07, 6.45) is 3.60. The molecule has 1 saturated heterocycles. The van der Waals surface area contributed by atoms with Crippen LogP contribution >= 0.6 is 0 Å². The van der Waals surface area contributed by atoms with E-state index in [1.807, 2.05) is 12.1 Å². The van der Waals surface area contributed by atoms with Crippen LogP contribution in [0.5, 0.6) is 5.75 Å². The molecule has 1 fully saturated rings. The van der Waals surface area contributed by atoms with Gasteiger partial charge in [0.2, 0.25) is 0 Å². The number of hydrogen-bond donors (Lipinski definition) is 1. The van der Waals surface area contributed by atoms with E-state index in [0.717, 1.165) is 37.5 Å². The number of hydrogen-bond acceptors (Lipinski definition) is 3. The Kier molecular flexibility index (Phi) is 4.88. The van der Waals surface area contributed by atoms with Gasteiger partial charge < -0.3 is 14.8 Å². The Morgan fingerprint density at radius 3 is 3.11 bits per heavy atom. The lowest BCUT2D eigenvalue weighted by molar-refractivity contribution is 0.0876. The van der Waals surface area contributed by atoms with Crippen LogP contribution in [0.4, 0.5) is 5.69 Å². The summed E-state index contributed by atoms with van der Waals surface area (Å²) in [6, 6.07) is 8.62. The SMILES string of the molecule is CCC(C)Oc1cccc(NC2CCCOC2)c1. The molecule has 1 heterocycles. The van der Waals surface area contributed by atoms with Gasteiger partial charge in [0, 0.05) is 24.4 Å². The molecule has 0 saturated carbocycles. The second kappa shape index (κ2) is 6.64. The second-order valence-corrected chi connectivity index (χ2v) is 4.92. The Hall–Kier alpha value is -1.22. The third-order valence-electron chi connectivity index (χ3n) is 3.28. The molecule has 0 aliphatic carbocycles. The van der Waals surface area contributed by atoms with Gasteiger partial charge in [-0.05, 0) is 38.3 Å². The van der Waals surface area contributed by atoms with E-state index in [9.17, 15) is 0 Å². The molecule has 2 atom stereocenters. The third-order valence-corrected chi connectivity index (χ3v) is 3.28. The predicted octanol–water partition coefficient (Wildman–Crippen LogP) is 3.45. The van der Waals surface area contributed by atoms with Gasteiger partial charge in [-0.3, -0.25) is 0 Å². The Morgan fingerprint density at radius 1 is 1.50 bits per heavy atom. The molecule has 1 aromatic rings. The molecule has 3 nitrogen and oxygen atoms in total. The average Bonchev–Trinajstić information content (AvgIpc) is 2.40.